The van der Waals surface area contributed by atoms with Crippen LogP contribution >= 0.6 is 0 Å². The van der Waals surface area contributed by atoms with E-state index in [-0.39, 0.29) is 0 Å². The van der Waals surface area contributed by atoms with Crippen LogP contribution in [0, 0.1) is 5.82 Å². The third kappa shape index (κ3) is 6.19. The Morgan fingerprint density at radius 3 is 2.73 bits per heavy atom. The third-order valence-corrected chi connectivity index (χ3v) is 3.34. The maximum absolute atomic E-state index is 13.4. The Kier molecular flexibility index (Phi) is 7.13. The second-order valence-corrected chi connectivity index (χ2v) is 5.72. The Balaban J connectivity index is 2.25. The molecule has 7 heteroatoms. The molecule has 0 saturated heterocycles. The molecule has 1 amide bonds. The Morgan fingerprint density at radius 2 is 2.04 bits per heavy atom. The molecule has 2 N–H and O–H groups in total. The monoisotopic (exact) mass is 360 g/mol. The molecule has 6 nitrogen and oxygen atoms in total. The number of benzene rings is 2. The normalized spacial score (nSPS) is 11.0. The number of hydrogen-bond donors (Lipinski definition) is 2. The summed E-state index contributed by atoms with van der Waals surface area (Å²) < 4.78 is 24.8. The van der Waals surface area contributed by atoms with Crippen LogP contribution in [0.25, 0.3) is 6.08 Å². The van der Waals surface area contributed by atoms with Gasteiger partial charge in [-0.2, -0.15) is 0 Å². The molecule has 2 aromatic carbocycles. The number of ether oxygens (including phenoxy) is 2. The highest BCUT2D eigenvalue weighted by atomic mass is 19.1. The van der Waals surface area contributed by atoms with Crippen molar-refractivity contribution in [2.24, 2.45) is 0 Å². The highest BCUT2D eigenvalue weighted by Crippen LogP contribution is 2.30. The highest BCUT2D eigenvalue weighted by Gasteiger charge is 2.07. The fourth-order valence-corrected chi connectivity index (χ4v) is 2.04. The van der Waals surface area contributed by atoms with Crippen LogP contribution in [0.2, 0.25) is 0 Å². The zero-order valence-corrected chi connectivity index (χ0v) is 14.6. The summed E-state index contributed by atoms with van der Waals surface area (Å²) in [6, 6.07) is 10.9. The van der Waals surface area contributed by atoms with Gasteiger partial charge in [-0.1, -0.05) is 6.07 Å². The summed E-state index contributed by atoms with van der Waals surface area (Å²) in [4.78, 5) is 13.2. The quantitative estimate of drug-likeness (QED) is 0.430. The number of likely N-dealkylation sites (N-methyl/N-ethyl adjacent to an activating group) is 1. The molecule has 0 aromatic heterocycles. The third-order valence-electron chi connectivity index (χ3n) is 3.34. The summed E-state index contributed by atoms with van der Waals surface area (Å²) >= 11 is 0. The van der Waals surface area contributed by atoms with Gasteiger partial charge in [-0.3, -0.25) is 10.0 Å². The fraction of sp³-hybridized carbons (Fsp3) is 0.211. The van der Waals surface area contributed by atoms with Crippen molar-refractivity contribution in [2.45, 2.75) is 0 Å². The van der Waals surface area contributed by atoms with Gasteiger partial charge in [0, 0.05) is 30.3 Å². The Hall–Kier alpha value is -2.90. The summed E-state index contributed by atoms with van der Waals surface area (Å²) in [6.07, 6.45) is 2.63. The first-order valence-corrected chi connectivity index (χ1v) is 7.95. The van der Waals surface area contributed by atoms with Gasteiger partial charge in [-0.15, -0.1) is 0 Å². The van der Waals surface area contributed by atoms with Crippen LogP contribution in [0.5, 0.6) is 17.2 Å². The van der Waals surface area contributed by atoms with Gasteiger partial charge in [0.05, 0.1) is 0 Å². The molecule has 0 unspecified atom stereocenters. The molecule has 0 bridgehead atoms. The van der Waals surface area contributed by atoms with Crippen molar-refractivity contribution in [3.05, 3.63) is 59.9 Å². The molecule has 0 spiro atoms. The van der Waals surface area contributed by atoms with Crippen LogP contribution in [0.3, 0.4) is 0 Å². The molecule has 0 saturated carbocycles. The largest absolute Gasteiger partial charge is 0.492 e. The zero-order valence-electron chi connectivity index (χ0n) is 14.6. The minimum atomic E-state index is -0.673. The summed E-state index contributed by atoms with van der Waals surface area (Å²) in [6.45, 7) is 1.24. The molecule has 0 aliphatic heterocycles. The molecule has 0 aliphatic carbocycles. The molecule has 2 rings (SSSR count). The number of hydrogen-bond acceptors (Lipinski definition) is 5. The van der Waals surface area contributed by atoms with E-state index in [9.17, 15) is 9.18 Å². The predicted molar refractivity (Wildman–Crippen MR) is 95.9 cm³/mol. The first-order valence-electron chi connectivity index (χ1n) is 7.95. The van der Waals surface area contributed by atoms with Gasteiger partial charge < -0.3 is 14.4 Å². The van der Waals surface area contributed by atoms with E-state index in [0.717, 1.165) is 12.6 Å². The lowest BCUT2D eigenvalue weighted by atomic mass is 10.1. The van der Waals surface area contributed by atoms with Gasteiger partial charge in [-0.25, -0.2) is 9.87 Å². The van der Waals surface area contributed by atoms with Gasteiger partial charge in [0.25, 0.3) is 5.91 Å². The maximum Gasteiger partial charge on any atom is 0.267 e. The molecule has 138 valence electrons. The van der Waals surface area contributed by atoms with Crippen molar-refractivity contribution in [2.75, 3.05) is 27.2 Å². The lowest BCUT2D eigenvalue weighted by Crippen LogP contribution is -2.19. The minimum absolute atomic E-state index is 0.316. The standard InChI is InChI=1S/C19H21FN2O4/c1-22(2)10-11-25-16-8-6-14(7-9-19(23)21-24)18(13-16)26-17-5-3-4-15(20)12-17/h3-9,12-13,24H,10-11H2,1-2H3,(H,21,23)/b9-7+. The summed E-state index contributed by atoms with van der Waals surface area (Å²) in [7, 11) is 3.89. The summed E-state index contributed by atoms with van der Waals surface area (Å²) in [5.74, 6) is 0.198. The topological polar surface area (TPSA) is 71.0 Å². The molecule has 0 heterocycles. The van der Waals surface area contributed by atoms with Crippen molar-refractivity contribution in [3.63, 3.8) is 0 Å². The van der Waals surface area contributed by atoms with Crippen molar-refractivity contribution in [1.82, 2.24) is 10.4 Å². The van der Waals surface area contributed by atoms with Crippen LogP contribution in [0.15, 0.2) is 48.5 Å². The summed E-state index contributed by atoms with van der Waals surface area (Å²) in [5, 5.41) is 8.59. The van der Waals surface area contributed by atoms with Gasteiger partial charge in [0.15, 0.2) is 0 Å². The van der Waals surface area contributed by atoms with E-state index in [1.807, 2.05) is 19.0 Å². The van der Waals surface area contributed by atoms with E-state index in [2.05, 4.69) is 0 Å². The number of halogens is 1. The van der Waals surface area contributed by atoms with Crippen molar-refractivity contribution < 1.29 is 23.9 Å². The first-order chi connectivity index (χ1) is 12.5. The molecule has 26 heavy (non-hydrogen) atoms. The molecule has 0 aliphatic rings. The van der Waals surface area contributed by atoms with Crippen LogP contribution in [-0.4, -0.2) is 43.3 Å². The van der Waals surface area contributed by atoms with Crippen LogP contribution in [0.4, 0.5) is 4.39 Å². The minimum Gasteiger partial charge on any atom is -0.492 e. The average Bonchev–Trinajstić information content (AvgIpc) is 2.60. The highest BCUT2D eigenvalue weighted by molar-refractivity contribution is 5.91. The molecule has 0 atom stereocenters. The fourth-order valence-electron chi connectivity index (χ4n) is 2.04. The lowest BCUT2D eigenvalue weighted by Gasteiger charge is -2.14. The van der Waals surface area contributed by atoms with Gasteiger partial charge >= 0.3 is 0 Å². The second-order valence-electron chi connectivity index (χ2n) is 5.72. The Morgan fingerprint density at radius 1 is 1.23 bits per heavy atom. The molecule has 0 radical (unpaired) electrons. The molecular weight excluding hydrogens is 339 g/mol. The smallest absolute Gasteiger partial charge is 0.267 e. The van der Waals surface area contributed by atoms with E-state index in [0.29, 0.717) is 29.4 Å². The molecular formula is C19H21FN2O4. The van der Waals surface area contributed by atoms with Crippen LogP contribution in [0.1, 0.15) is 5.56 Å². The van der Waals surface area contributed by atoms with Crippen LogP contribution < -0.4 is 15.0 Å². The number of carbonyl (C=O) groups excluding carboxylic acids is 1. The van der Waals surface area contributed by atoms with Gasteiger partial charge in [0.1, 0.15) is 29.7 Å². The van der Waals surface area contributed by atoms with E-state index in [1.54, 1.807) is 24.3 Å². The average molecular weight is 360 g/mol. The number of amides is 1. The Labute approximate surface area is 151 Å². The molecule has 2 aromatic rings. The van der Waals surface area contributed by atoms with Crippen molar-refractivity contribution >= 4 is 12.0 Å². The maximum atomic E-state index is 13.4. The lowest BCUT2D eigenvalue weighted by molar-refractivity contribution is -0.124. The SMILES string of the molecule is CN(C)CCOc1ccc(/C=C/C(=O)NO)c(Oc2cccc(F)c2)c1. The number of nitrogens with zero attached hydrogens (tertiary/aromatic N) is 1. The second kappa shape index (κ2) is 9.55. The van der Waals surface area contributed by atoms with Gasteiger partial charge in [-0.05, 0) is 44.4 Å². The van der Waals surface area contributed by atoms with E-state index < -0.39 is 11.7 Å². The zero-order chi connectivity index (χ0) is 18.9. The first kappa shape index (κ1) is 19.4. The number of rotatable bonds is 8. The van der Waals surface area contributed by atoms with Crippen molar-refractivity contribution in [3.8, 4) is 17.2 Å². The van der Waals surface area contributed by atoms with E-state index in [1.165, 1.54) is 29.8 Å². The van der Waals surface area contributed by atoms with E-state index in [4.69, 9.17) is 14.7 Å². The van der Waals surface area contributed by atoms with Crippen LogP contribution in [-0.2, 0) is 4.79 Å². The number of carbonyl (C=O) groups is 1. The van der Waals surface area contributed by atoms with E-state index >= 15 is 0 Å². The summed E-state index contributed by atoms with van der Waals surface area (Å²) in [5.41, 5.74) is 2.08. The predicted octanol–water partition coefficient (Wildman–Crippen LogP) is 3.08. The number of nitrogens with one attached hydrogen (secondary N) is 1. The van der Waals surface area contributed by atoms with Gasteiger partial charge in [0.2, 0.25) is 0 Å². The van der Waals surface area contributed by atoms with Crippen molar-refractivity contribution in [1.29, 1.82) is 0 Å². The Bertz CT molecular complexity index is 778. The molecule has 0 fully saturated rings. The number of hydroxylamine groups is 1.